The summed E-state index contributed by atoms with van der Waals surface area (Å²) in [5, 5.41) is 2.89. The lowest BCUT2D eigenvalue weighted by Crippen LogP contribution is -2.14. The van der Waals surface area contributed by atoms with Gasteiger partial charge in [0, 0.05) is 11.3 Å². The molecule has 1 heterocycles. The van der Waals surface area contributed by atoms with Crippen molar-refractivity contribution in [1.29, 1.82) is 0 Å². The zero-order valence-electron chi connectivity index (χ0n) is 17.3. The first-order valence-electron chi connectivity index (χ1n) is 9.50. The van der Waals surface area contributed by atoms with Crippen LogP contribution in [-0.2, 0) is 0 Å². The average molecular weight is 402 g/mol. The number of oxazole rings is 1. The Kier molecular flexibility index (Phi) is 5.14. The van der Waals surface area contributed by atoms with Gasteiger partial charge in [0.2, 0.25) is 5.89 Å². The molecule has 0 spiro atoms. The topological polar surface area (TPSA) is 73.6 Å². The van der Waals surface area contributed by atoms with E-state index in [9.17, 15) is 4.79 Å². The van der Waals surface area contributed by atoms with E-state index in [4.69, 9.17) is 13.9 Å². The molecular weight excluding hydrogens is 380 g/mol. The Morgan fingerprint density at radius 2 is 1.60 bits per heavy atom. The van der Waals surface area contributed by atoms with Crippen LogP contribution < -0.4 is 14.8 Å². The van der Waals surface area contributed by atoms with Crippen LogP contribution in [0.2, 0.25) is 0 Å². The lowest BCUT2D eigenvalue weighted by Gasteiger charge is -2.12. The summed E-state index contributed by atoms with van der Waals surface area (Å²) < 4.78 is 16.6. The Labute approximate surface area is 174 Å². The quantitative estimate of drug-likeness (QED) is 0.485. The molecule has 0 aliphatic rings. The molecule has 30 heavy (non-hydrogen) atoms. The number of nitrogens with zero attached hydrogens (tertiary/aromatic N) is 1. The molecule has 1 N–H and O–H groups in total. The minimum absolute atomic E-state index is 0.332. The fourth-order valence-electron chi connectivity index (χ4n) is 3.50. The van der Waals surface area contributed by atoms with Gasteiger partial charge in [-0.05, 0) is 56.3 Å². The summed E-state index contributed by atoms with van der Waals surface area (Å²) in [5.41, 5.74) is 5.45. The molecule has 0 aliphatic heterocycles. The molecule has 0 saturated heterocycles. The van der Waals surface area contributed by atoms with E-state index >= 15 is 0 Å². The van der Waals surface area contributed by atoms with Gasteiger partial charge in [-0.1, -0.05) is 23.3 Å². The molecule has 6 heteroatoms. The molecule has 0 bridgehead atoms. The number of aryl methyl sites for hydroxylation is 2. The van der Waals surface area contributed by atoms with Gasteiger partial charge in [0.05, 0.1) is 14.2 Å². The van der Waals surface area contributed by atoms with Gasteiger partial charge >= 0.3 is 0 Å². The largest absolute Gasteiger partial charge is 0.496 e. The lowest BCUT2D eigenvalue weighted by molar-refractivity contribution is 0.102. The Bertz CT molecular complexity index is 1200. The first-order chi connectivity index (χ1) is 14.5. The molecule has 0 unspecified atom stereocenters. The molecule has 0 aliphatic carbocycles. The third-order valence-corrected chi connectivity index (χ3v) is 4.77. The summed E-state index contributed by atoms with van der Waals surface area (Å²) in [7, 11) is 3.03. The molecule has 1 aromatic heterocycles. The van der Waals surface area contributed by atoms with E-state index in [0.29, 0.717) is 39.7 Å². The van der Waals surface area contributed by atoms with Crippen LogP contribution in [0.15, 0.2) is 59.0 Å². The van der Waals surface area contributed by atoms with Crippen molar-refractivity contribution < 1.29 is 18.7 Å². The molecule has 0 saturated carbocycles. The van der Waals surface area contributed by atoms with Gasteiger partial charge in [-0.2, -0.15) is 0 Å². The van der Waals surface area contributed by atoms with E-state index in [0.717, 1.165) is 16.7 Å². The van der Waals surface area contributed by atoms with Gasteiger partial charge in [-0.25, -0.2) is 4.98 Å². The molecular formula is C24H22N2O4. The van der Waals surface area contributed by atoms with Crippen LogP contribution in [0, 0.1) is 13.8 Å². The maximum atomic E-state index is 12.9. The Morgan fingerprint density at radius 3 is 2.23 bits per heavy atom. The van der Waals surface area contributed by atoms with Crippen LogP contribution >= 0.6 is 0 Å². The van der Waals surface area contributed by atoms with Crippen molar-refractivity contribution in [3.05, 3.63) is 71.3 Å². The summed E-state index contributed by atoms with van der Waals surface area (Å²) in [4.78, 5) is 17.5. The predicted octanol–water partition coefficient (Wildman–Crippen LogP) is 5.38. The number of carbonyl (C=O) groups is 1. The van der Waals surface area contributed by atoms with Crippen LogP contribution in [0.1, 0.15) is 21.5 Å². The number of hydrogen-bond donors (Lipinski definition) is 1. The third-order valence-electron chi connectivity index (χ3n) is 4.77. The average Bonchev–Trinajstić information content (AvgIpc) is 3.15. The van der Waals surface area contributed by atoms with Crippen LogP contribution in [0.4, 0.5) is 5.69 Å². The van der Waals surface area contributed by atoms with Crippen molar-refractivity contribution in [2.45, 2.75) is 13.8 Å². The van der Waals surface area contributed by atoms with Crippen LogP contribution in [0.5, 0.6) is 11.5 Å². The Hall–Kier alpha value is -3.80. The van der Waals surface area contributed by atoms with Crippen molar-refractivity contribution in [3.63, 3.8) is 0 Å². The van der Waals surface area contributed by atoms with E-state index in [-0.39, 0.29) is 5.91 Å². The minimum Gasteiger partial charge on any atom is -0.496 e. The molecule has 6 nitrogen and oxygen atoms in total. The molecule has 4 rings (SSSR count). The third kappa shape index (κ3) is 3.72. The van der Waals surface area contributed by atoms with Crippen LogP contribution in [0.3, 0.4) is 0 Å². The van der Waals surface area contributed by atoms with Gasteiger partial charge in [-0.3, -0.25) is 4.79 Å². The first kappa shape index (κ1) is 19.5. The fourth-order valence-corrected chi connectivity index (χ4v) is 3.50. The Balaban J connectivity index is 1.66. The number of carbonyl (C=O) groups excluding carboxylic acids is 1. The molecule has 0 radical (unpaired) electrons. The van der Waals surface area contributed by atoms with Crippen molar-refractivity contribution in [3.8, 4) is 23.0 Å². The number of anilines is 1. The highest BCUT2D eigenvalue weighted by atomic mass is 16.5. The highest BCUT2D eigenvalue weighted by Crippen LogP contribution is 2.31. The zero-order valence-corrected chi connectivity index (χ0v) is 17.3. The summed E-state index contributed by atoms with van der Waals surface area (Å²) in [6.07, 6.45) is 0. The smallest absolute Gasteiger partial charge is 0.263 e. The predicted molar refractivity (Wildman–Crippen MR) is 116 cm³/mol. The number of fused-ring (bicyclic) bond motifs is 1. The number of ether oxygens (including phenoxy) is 2. The number of hydrogen-bond acceptors (Lipinski definition) is 5. The van der Waals surface area contributed by atoms with E-state index < -0.39 is 0 Å². The highest BCUT2D eigenvalue weighted by molar-refractivity contribution is 6.08. The SMILES string of the molecule is COc1cccc(OC)c1C(=O)Nc1ccc2oc(-c3cc(C)cc(C)c3)nc2c1. The molecule has 3 aromatic carbocycles. The van der Waals surface area contributed by atoms with E-state index in [1.54, 1.807) is 36.4 Å². The molecule has 4 aromatic rings. The summed E-state index contributed by atoms with van der Waals surface area (Å²) in [5.74, 6) is 1.09. The summed E-state index contributed by atoms with van der Waals surface area (Å²) in [6, 6.07) is 16.7. The van der Waals surface area contributed by atoms with Gasteiger partial charge in [0.1, 0.15) is 22.6 Å². The van der Waals surface area contributed by atoms with Gasteiger partial charge in [0.25, 0.3) is 5.91 Å². The van der Waals surface area contributed by atoms with Gasteiger partial charge in [0.15, 0.2) is 5.58 Å². The maximum Gasteiger partial charge on any atom is 0.263 e. The molecule has 1 amide bonds. The zero-order chi connectivity index (χ0) is 21.3. The van der Waals surface area contributed by atoms with Crippen LogP contribution in [-0.4, -0.2) is 25.1 Å². The standard InChI is InChI=1S/C24H22N2O4/c1-14-10-15(2)12-16(11-14)24-26-18-13-17(8-9-19(18)30-24)25-23(27)22-20(28-3)6-5-7-21(22)29-4/h5-13H,1-4H3,(H,25,27). The second-order valence-electron chi connectivity index (χ2n) is 7.07. The van der Waals surface area contributed by atoms with Crippen LogP contribution in [0.25, 0.3) is 22.6 Å². The molecule has 0 atom stereocenters. The fraction of sp³-hybridized carbons (Fsp3) is 0.167. The second kappa shape index (κ2) is 7.91. The number of benzene rings is 3. The van der Waals surface area contributed by atoms with Crippen molar-refractivity contribution in [1.82, 2.24) is 4.98 Å². The maximum absolute atomic E-state index is 12.9. The summed E-state index contributed by atoms with van der Waals surface area (Å²) >= 11 is 0. The number of aromatic nitrogens is 1. The van der Waals surface area contributed by atoms with Crippen molar-refractivity contribution >= 4 is 22.7 Å². The number of methoxy groups -OCH3 is 2. The van der Waals surface area contributed by atoms with E-state index in [1.807, 2.05) is 26.0 Å². The van der Waals surface area contributed by atoms with Gasteiger partial charge < -0.3 is 19.2 Å². The lowest BCUT2D eigenvalue weighted by atomic mass is 10.1. The second-order valence-corrected chi connectivity index (χ2v) is 7.07. The number of nitrogens with one attached hydrogen (secondary N) is 1. The van der Waals surface area contributed by atoms with E-state index in [1.165, 1.54) is 14.2 Å². The normalized spacial score (nSPS) is 10.8. The molecule has 152 valence electrons. The number of rotatable bonds is 5. The summed E-state index contributed by atoms with van der Waals surface area (Å²) in [6.45, 7) is 4.08. The van der Waals surface area contributed by atoms with Crippen molar-refractivity contribution in [2.24, 2.45) is 0 Å². The van der Waals surface area contributed by atoms with Crippen molar-refractivity contribution in [2.75, 3.05) is 19.5 Å². The monoisotopic (exact) mass is 402 g/mol. The highest BCUT2D eigenvalue weighted by Gasteiger charge is 2.19. The number of amides is 1. The minimum atomic E-state index is -0.332. The van der Waals surface area contributed by atoms with Gasteiger partial charge in [-0.15, -0.1) is 0 Å². The van der Waals surface area contributed by atoms with E-state index in [2.05, 4.69) is 16.4 Å². The Morgan fingerprint density at radius 1 is 0.933 bits per heavy atom. The first-order valence-corrected chi connectivity index (χ1v) is 9.50. The molecule has 0 fully saturated rings.